The van der Waals surface area contributed by atoms with Crippen LogP contribution in [-0.4, -0.2) is 35.9 Å². The lowest BCUT2D eigenvalue weighted by Gasteiger charge is -2.22. The molecule has 0 bridgehead atoms. The van der Waals surface area contributed by atoms with Crippen molar-refractivity contribution in [2.24, 2.45) is 0 Å². The van der Waals surface area contributed by atoms with Crippen LogP contribution in [0.15, 0.2) is 54.7 Å². The fraction of sp³-hybridized carbons (Fsp3) is 0.360. The Morgan fingerprint density at radius 2 is 1.77 bits per heavy atom. The molecule has 1 heterocycles. The summed E-state index contributed by atoms with van der Waals surface area (Å²) in [6.07, 6.45) is 7.50. The summed E-state index contributed by atoms with van der Waals surface area (Å²) in [7, 11) is 3.21. The first-order valence-corrected chi connectivity index (χ1v) is 10.8. The van der Waals surface area contributed by atoms with E-state index in [2.05, 4.69) is 17.4 Å². The smallest absolute Gasteiger partial charge is 0.255 e. The lowest BCUT2D eigenvalue weighted by molar-refractivity contribution is 0.0928. The van der Waals surface area contributed by atoms with E-state index in [1.165, 1.54) is 19.3 Å². The van der Waals surface area contributed by atoms with Crippen LogP contribution in [0.2, 0.25) is 0 Å². The first kappa shape index (κ1) is 21.0. The van der Waals surface area contributed by atoms with Crippen molar-refractivity contribution in [2.75, 3.05) is 14.2 Å². The Balaban J connectivity index is 1.68. The van der Waals surface area contributed by atoms with E-state index in [9.17, 15) is 4.79 Å². The van der Waals surface area contributed by atoms with Crippen molar-refractivity contribution in [3.63, 3.8) is 0 Å². The third kappa shape index (κ3) is 4.90. The van der Waals surface area contributed by atoms with Crippen molar-refractivity contribution in [3.05, 3.63) is 65.9 Å². The highest BCUT2D eigenvalue weighted by atomic mass is 16.5. The molecule has 2 aromatic carbocycles. The van der Waals surface area contributed by atoms with Crippen molar-refractivity contribution in [3.8, 4) is 22.8 Å². The van der Waals surface area contributed by atoms with Gasteiger partial charge in [0.1, 0.15) is 5.69 Å². The number of amides is 1. The monoisotopic (exact) mass is 419 g/mol. The second-order valence-electron chi connectivity index (χ2n) is 7.95. The lowest BCUT2D eigenvalue weighted by atomic mass is 9.95. The highest BCUT2D eigenvalue weighted by Gasteiger charge is 2.23. The van der Waals surface area contributed by atoms with Gasteiger partial charge in [-0.2, -0.15) is 5.10 Å². The minimum Gasteiger partial charge on any atom is -0.493 e. The van der Waals surface area contributed by atoms with Crippen LogP contribution in [-0.2, 0) is 6.54 Å². The molecule has 1 saturated carbocycles. The number of nitrogens with one attached hydrogen (secondary N) is 1. The zero-order chi connectivity index (χ0) is 21.6. The Morgan fingerprint density at radius 1 is 1.03 bits per heavy atom. The average molecular weight is 420 g/mol. The summed E-state index contributed by atoms with van der Waals surface area (Å²) >= 11 is 0. The predicted octanol–water partition coefficient (Wildman–Crippen LogP) is 4.68. The van der Waals surface area contributed by atoms with Gasteiger partial charge in [-0.1, -0.05) is 49.6 Å². The molecule has 0 unspecified atom stereocenters. The molecule has 0 aliphatic heterocycles. The maximum absolute atomic E-state index is 13.2. The number of benzene rings is 2. The van der Waals surface area contributed by atoms with Crippen molar-refractivity contribution in [2.45, 2.75) is 44.7 Å². The van der Waals surface area contributed by atoms with Crippen LogP contribution in [0.5, 0.6) is 11.5 Å². The Hall–Kier alpha value is -3.28. The second-order valence-corrected chi connectivity index (χ2v) is 7.95. The normalized spacial score (nSPS) is 14.3. The number of hydrogen-bond donors (Lipinski definition) is 1. The number of methoxy groups -OCH3 is 2. The van der Waals surface area contributed by atoms with E-state index >= 15 is 0 Å². The molecule has 0 spiro atoms. The van der Waals surface area contributed by atoms with Crippen LogP contribution in [0.4, 0.5) is 0 Å². The molecule has 3 aromatic rings. The van der Waals surface area contributed by atoms with Gasteiger partial charge >= 0.3 is 0 Å². The molecule has 1 amide bonds. The quantitative estimate of drug-likeness (QED) is 0.604. The minimum atomic E-state index is -0.0732. The molecule has 6 nitrogen and oxygen atoms in total. The van der Waals surface area contributed by atoms with Gasteiger partial charge in [-0.05, 0) is 36.6 Å². The highest BCUT2D eigenvalue weighted by molar-refractivity contribution is 6.00. The number of rotatable bonds is 7. The van der Waals surface area contributed by atoms with E-state index in [0.717, 1.165) is 24.0 Å². The van der Waals surface area contributed by atoms with E-state index in [1.807, 2.05) is 47.3 Å². The molecule has 0 saturated heterocycles. The van der Waals surface area contributed by atoms with Crippen molar-refractivity contribution >= 4 is 5.91 Å². The molecule has 1 N–H and O–H groups in total. The fourth-order valence-electron chi connectivity index (χ4n) is 4.15. The molecule has 4 rings (SSSR count). The van der Waals surface area contributed by atoms with E-state index in [-0.39, 0.29) is 11.9 Å². The van der Waals surface area contributed by atoms with Crippen LogP contribution in [0.1, 0.15) is 48.0 Å². The predicted molar refractivity (Wildman–Crippen MR) is 121 cm³/mol. The van der Waals surface area contributed by atoms with Crippen molar-refractivity contribution < 1.29 is 14.3 Å². The number of nitrogens with zero attached hydrogens (tertiary/aromatic N) is 2. The Morgan fingerprint density at radius 3 is 2.48 bits per heavy atom. The molecule has 1 aliphatic rings. The van der Waals surface area contributed by atoms with Gasteiger partial charge in [0.05, 0.1) is 26.3 Å². The van der Waals surface area contributed by atoms with Gasteiger partial charge in [0, 0.05) is 17.8 Å². The molecule has 0 radical (unpaired) electrons. The molecule has 31 heavy (non-hydrogen) atoms. The number of aromatic nitrogens is 2. The summed E-state index contributed by atoms with van der Waals surface area (Å²) < 4.78 is 12.7. The van der Waals surface area contributed by atoms with Gasteiger partial charge < -0.3 is 14.8 Å². The summed E-state index contributed by atoms with van der Waals surface area (Å²) in [5.41, 5.74) is 3.17. The maximum atomic E-state index is 13.2. The van der Waals surface area contributed by atoms with Crippen LogP contribution >= 0.6 is 0 Å². The number of hydrogen-bond acceptors (Lipinski definition) is 4. The Bertz CT molecular complexity index is 1020. The molecular formula is C25H29N3O3. The van der Waals surface area contributed by atoms with Gasteiger partial charge in [0.25, 0.3) is 5.91 Å². The van der Waals surface area contributed by atoms with Crippen molar-refractivity contribution in [1.82, 2.24) is 15.1 Å². The van der Waals surface area contributed by atoms with E-state index in [4.69, 9.17) is 14.6 Å². The SMILES string of the molecule is COc1ccc(-c2nn(Cc3ccccc3)cc2C(=O)NC2CCCCC2)cc1OC. The molecular weight excluding hydrogens is 390 g/mol. The standard InChI is InChI=1S/C25H29N3O3/c1-30-22-14-13-19(15-23(22)31-2)24-21(25(29)26-20-11-7-4-8-12-20)17-28(27-24)16-18-9-5-3-6-10-18/h3,5-6,9-10,13-15,17,20H,4,7-8,11-12,16H2,1-2H3,(H,26,29). The summed E-state index contributed by atoms with van der Waals surface area (Å²) in [4.78, 5) is 13.2. The van der Waals surface area contributed by atoms with E-state index in [1.54, 1.807) is 14.2 Å². The first-order valence-electron chi connectivity index (χ1n) is 10.8. The van der Waals surface area contributed by atoms with Crippen LogP contribution in [0.25, 0.3) is 11.3 Å². The first-order chi connectivity index (χ1) is 15.2. The zero-order valence-corrected chi connectivity index (χ0v) is 18.1. The molecule has 162 valence electrons. The van der Waals surface area contributed by atoms with Gasteiger partial charge in [0.15, 0.2) is 11.5 Å². The van der Waals surface area contributed by atoms with Crippen LogP contribution in [0.3, 0.4) is 0 Å². The third-order valence-corrected chi connectivity index (χ3v) is 5.79. The average Bonchev–Trinajstić information content (AvgIpc) is 3.24. The number of carbonyl (C=O) groups is 1. The largest absolute Gasteiger partial charge is 0.493 e. The topological polar surface area (TPSA) is 65.4 Å². The number of ether oxygens (including phenoxy) is 2. The van der Waals surface area contributed by atoms with Gasteiger partial charge in [-0.25, -0.2) is 0 Å². The van der Waals surface area contributed by atoms with Crippen LogP contribution in [0, 0.1) is 0 Å². The Labute approximate surface area is 183 Å². The molecule has 6 heteroatoms. The number of carbonyl (C=O) groups excluding carboxylic acids is 1. The summed E-state index contributed by atoms with van der Waals surface area (Å²) in [5, 5.41) is 8.01. The van der Waals surface area contributed by atoms with Gasteiger partial charge in [-0.15, -0.1) is 0 Å². The van der Waals surface area contributed by atoms with Gasteiger partial charge in [0.2, 0.25) is 0 Å². The third-order valence-electron chi connectivity index (χ3n) is 5.79. The fourth-order valence-corrected chi connectivity index (χ4v) is 4.15. The summed E-state index contributed by atoms with van der Waals surface area (Å²) in [6.45, 7) is 0.595. The summed E-state index contributed by atoms with van der Waals surface area (Å²) in [6, 6.07) is 16.0. The molecule has 1 aliphatic carbocycles. The Kier molecular flexibility index (Phi) is 6.55. The summed E-state index contributed by atoms with van der Waals surface area (Å²) in [5.74, 6) is 1.18. The molecule has 0 atom stereocenters. The van der Waals surface area contributed by atoms with E-state index < -0.39 is 0 Å². The lowest BCUT2D eigenvalue weighted by Crippen LogP contribution is -2.36. The molecule has 1 fully saturated rings. The molecule has 1 aromatic heterocycles. The highest BCUT2D eigenvalue weighted by Crippen LogP contribution is 2.33. The van der Waals surface area contributed by atoms with Crippen molar-refractivity contribution in [1.29, 1.82) is 0 Å². The van der Waals surface area contributed by atoms with E-state index in [0.29, 0.717) is 29.3 Å². The second kappa shape index (κ2) is 9.69. The maximum Gasteiger partial charge on any atom is 0.255 e. The minimum absolute atomic E-state index is 0.0732. The zero-order valence-electron chi connectivity index (χ0n) is 18.1. The van der Waals surface area contributed by atoms with Gasteiger partial charge in [-0.3, -0.25) is 9.48 Å². The van der Waals surface area contributed by atoms with Crippen LogP contribution < -0.4 is 14.8 Å².